The Kier molecular flexibility index (Phi) is 19.3. The molecule has 0 aliphatic carbocycles. The van der Waals surface area contributed by atoms with Crippen molar-refractivity contribution >= 4 is 16.3 Å². The van der Waals surface area contributed by atoms with E-state index in [0.29, 0.717) is 0 Å². The molecule has 0 atom stereocenters. The number of benzene rings is 1. The van der Waals surface area contributed by atoms with Crippen LogP contribution in [0.1, 0.15) is 32.3 Å². The molecule has 0 radical (unpaired) electrons. The Morgan fingerprint density at radius 2 is 1.31 bits per heavy atom. The zero-order valence-electron chi connectivity index (χ0n) is 10.3. The number of rotatable bonds is 3. The Morgan fingerprint density at radius 3 is 1.50 bits per heavy atom. The molecular formula is C13H21AlO2. The average molecular weight is 236 g/mol. The van der Waals surface area contributed by atoms with E-state index >= 15 is 0 Å². The van der Waals surface area contributed by atoms with Crippen LogP contribution >= 0.6 is 0 Å². The molecule has 0 saturated carbocycles. The van der Waals surface area contributed by atoms with Gasteiger partial charge in [-0.3, -0.25) is 0 Å². The van der Waals surface area contributed by atoms with Gasteiger partial charge in [-0.05, 0) is 0 Å². The first-order valence-electron chi connectivity index (χ1n) is 5.66. The van der Waals surface area contributed by atoms with Gasteiger partial charge in [-0.2, -0.15) is 0 Å². The molecule has 0 aromatic heterocycles. The van der Waals surface area contributed by atoms with Crippen molar-refractivity contribution in [2.75, 3.05) is 13.2 Å². The van der Waals surface area contributed by atoms with E-state index in [4.69, 9.17) is 0 Å². The molecule has 0 fully saturated rings. The Bertz CT molecular complexity index is 194. The van der Waals surface area contributed by atoms with E-state index in [0.717, 1.165) is 18.1 Å². The fourth-order valence-corrected chi connectivity index (χ4v) is 0.886. The first kappa shape index (κ1) is 18.0. The molecular weight excluding hydrogens is 215 g/mol. The summed E-state index contributed by atoms with van der Waals surface area (Å²) in [6.45, 7) is 3.88. The molecule has 0 aliphatic heterocycles. The van der Waals surface area contributed by atoms with Crippen molar-refractivity contribution in [2.24, 2.45) is 0 Å². The summed E-state index contributed by atoms with van der Waals surface area (Å²) in [7, 11) is 0. The van der Waals surface area contributed by atoms with Crippen LogP contribution in [-0.2, 0) is 5.28 Å². The van der Waals surface area contributed by atoms with Gasteiger partial charge in [0.15, 0.2) is 0 Å². The summed E-state index contributed by atoms with van der Waals surface area (Å²) < 4.78 is 0. The van der Waals surface area contributed by atoms with Crippen molar-refractivity contribution < 1.29 is 10.2 Å². The molecule has 0 spiro atoms. The molecule has 0 saturated heterocycles. The summed E-state index contributed by atoms with van der Waals surface area (Å²) in [6.07, 6.45) is 1.53. The van der Waals surface area contributed by atoms with E-state index in [1.165, 1.54) is 5.56 Å². The van der Waals surface area contributed by atoms with Gasteiger partial charge in [-0.1, -0.05) is 26.7 Å². The molecule has 1 aromatic rings. The second-order valence-corrected chi connectivity index (χ2v) is 3.51. The SMILES string of the molecule is CCC[O-].CCC[O-].[Al+2][CH2]c1ccccc1. The quantitative estimate of drug-likeness (QED) is 0.731. The van der Waals surface area contributed by atoms with Crippen LogP contribution in [0.4, 0.5) is 0 Å². The van der Waals surface area contributed by atoms with Crippen molar-refractivity contribution in [3.05, 3.63) is 35.9 Å². The molecule has 0 unspecified atom stereocenters. The van der Waals surface area contributed by atoms with Gasteiger partial charge in [0, 0.05) is 0 Å². The number of hydrogen-bond acceptors (Lipinski definition) is 2. The fourth-order valence-electron chi connectivity index (χ4n) is 0.614. The summed E-state index contributed by atoms with van der Waals surface area (Å²) in [5.74, 6) is 0. The third kappa shape index (κ3) is 16.1. The molecule has 0 N–H and O–H groups in total. The van der Waals surface area contributed by atoms with Crippen LogP contribution in [0.25, 0.3) is 0 Å². The molecule has 2 nitrogen and oxygen atoms in total. The minimum atomic E-state index is 0.0694. The van der Waals surface area contributed by atoms with Gasteiger partial charge < -0.3 is 10.2 Å². The van der Waals surface area contributed by atoms with E-state index in [1.807, 2.05) is 19.9 Å². The first-order chi connectivity index (χ1) is 7.76. The molecule has 16 heavy (non-hydrogen) atoms. The Morgan fingerprint density at radius 1 is 0.938 bits per heavy atom. The molecule has 0 heterocycles. The molecule has 1 rings (SSSR count). The zero-order valence-corrected chi connectivity index (χ0v) is 11.5. The van der Waals surface area contributed by atoms with Crippen LogP contribution in [0.2, 0.25) is 0 Å². The van der Waals surface area contributed by atoms with Crippen LogP contribution in [0.3, 0.4) is 0 Å². The van der Waals surface area contributed by atoms with Crippen molar-refractivity contribution in [3.63, 3.8) is 0 Å². The minimum absolute atomic E-state index is 0.0694. The molecule has 0 bridgehead atoms. The third-order valence-electron chi connectivity index (χ3n) is 1.49. The van der Waals surface area contributed by atoms with Crippen molar-refractivity contribution in [3.8, 4) is 0 Å². The summed E-state index contributed by atoms with van der Waals surface area (Å²) in [5, 5.41) is 19.7. The molecule has 88 valence electrons. The van der Waals surface area contributed by atoms with Gasteiger partial charge in [-0.25, -0.2) is 0 Å². The van der Waals surface area contributed by atoms with Crippen molar-refractivity contribution in [1.29, 1.82) is 0 Å². The van der Waals surface area contributed by atoms with Crippen LogP contribution in [0.15, 0.2) is 30.3 Å². The second-order valence-electron chi connectivity index (χ2n) is 3.10. The number of hydrogen-bond donors (Lipinski definition) is 0. The van der Waals surface area contributed by atoms with Crippen LogP contribution in [0, 0.1) is 0 Å². The van der Waals surface area contributed by atoms with Gasteiger partial charge in [0.2, 0.25) is 0 Å². The summed E-state index contributed by atoms with van der Waals surface area (Å²) >= 11 is 2.69. The Hall–Kier alpha value is -0.328. The summed E-state index contributed by atoms with van der Waals surface area (Å²) in [5.41, 5.74) is 1.37. The summed E-state index contributed by atoms with van der Waals surface area (Å²) in [6, 6.07) is 10.4. The topological polar surface area (TPSA) is 46.1 Å². The van der Waals surface area contributed by atoms with E-state index in [-0.39, 0.29) is 13.2 Å². The molecule has 0 aliphatic rings. The molecule has 3 heteroatoms. The monoisotopic (exact) mass is 236 g/mol. The normalized spacial score (nSPS) is 8.38. The Labute approximate surface area is 108 Å². The fraction of sp³-hybridized carbons (Fsp3) is 0.538. The summed E-state index contributed by atoms with van der Waals surface area (Å²) in [4.78, 5) is 0. The van der Waals surface area contributed by atoms with Crippen LogP contribution in [0.5, 0.6) is 0 Å². The first-order valence-corrected chi connectivity index (χ1v) is 6.48. The third-order valence-corrected chi connectivity index (χ3v) is 1.96. The van der Waals surface area contributed by atoms with E-state index in [2.05, 4.69) is 40.6 Å². The average Bonchev–Trinajstić information content (AvgIpc) is 2.40. The van der Waals surface area contributed by atoms with Gasteiger partial charge in [0.25, 0.3) is 0 Å². The van der Waals surface area contributed by atoms with Crippen LogP contribution in [-0.4, -0.2) is 29.5 Å². The standard InChI is InChI=1S/C7H7.2C3H7O.Al/c1-7-5-3-2-4-6-7;2*1-2-3-4;/h2-6H,1H2;2*2-3H2,1H3;/q;2*-1;+2. The second kappa shape index (κ2) is 17.1. The van der Waals surface area contributed by atoms with Gasteiger partial charge in [-0.15, -0.1) is 13.2 Å². The van der Waals surface area contributed by atoms with Crippen molar-refractivity contribution in [2.45, 2.75) is 32.0 Å². The molecule has 1 aromatic carbocycles. The molecule has 0 amide bonds. The van der Waals surface area contributed by atoms with Crippen LogP contribution < -0.4 is 10.2 Å². The van der Waals surface area contributed by atoms with E-state index in [1.54, 1.807) is 0 Å². The van der Waals surface area contributed by atoms with Crippen molar-refractivity contribution in [1.82, 2.24) is 0 Å². The van der Waals surface area contributed by atoms with E-state index < -0.39 is 0 Å². The maximum atomic E-state index is 9.30. The van der Waals surface area contributed by atoms with Gasteiger partial charge in [0.05, 0.1) is 0 Å². The maximum absolute atomic E-state index is 9.30. The zero-order chi connectivity index (χ0) is 12.6. The Balaban J connectivity index is 0. The van der Waals surface area contributed by atoms with Gasteiger partial charge in [0.1, 0.15) is 0 Å². The predicted octanol–water partition coefficient (Wildman–Crippen LogP) is 0.868. The van der Waals surface area contributed by atoms with E-state index in [9.17, 15) is 10.2 Å². The van der Waals surface area contributed by atoms with Gasteiger partial charge >= 0.3 is 57.5 Å². The predicted molar refractivity (Wildman–Crippen MR) is 66.2 cm³/mol.